The van der Waals surface area contributed by atoms with Gasteiger partial charge in [0.1, 0.15) is 0 Å². The van der Waals surface area contributed by atoms with E-state index in [4.69, 9.17) is 0 Å². The second-order valence-electron chi connectivity index (χ2n) is 5.90. The van der Waals surface area contributed by atoms with Crippen LogP contribution < -0.4 is 0 Å². The van der Waals surface area contributed by atoms with Crippen molar-refractivity contribution < 1.29 is 5.02 Å². The van der Waals surface area contributed by atoms with Crippen molar-refractivity contribution >= 4 is 7.05 Å². The Morgan fingerprint density at radius 3 is 2.18 bits per heavy atom. The first kappa shape index (κ1) is 13.1. The second-order valence-corrected chi connectivity index (χ2v) is 5.90. The Morgan fingerprint density at radius 1 is 1.18 bits per heavy atom. The maximum absolute atomic E-state index is 9.59. The van der Waals surface area contributed by atoms with Crippen LogP contribution >= 0.6 is 0 Å². The maximum Gasteiger partial charge on any atom is 0.376 e. The summed E-state index contributed by atoms with van der Waals surface area (Å²) in [7, 11) is -0.291. The molecule has 0 aromatic heterocycles. The summed E-state index contributed by atoms with van der Waals surface area (Å²) in [5.41, 5.74) is 1.75. The van der Waals surface area contributed by atoms with Crippen molar-refractivity contribution in [1.29, 1.82) is 0 Å². The lowest BCUT2D eigenvalue weighted by molar-refractivity contribution is 0.0444. The fourth-order valence-electron chi connectivity index (χ4n) is 3.06. The van der Waals surface area contributed by atoms with Gasteiger partial charge < -0.3 is 9.83 Å². The smallest absolute Gasteiger partial charge is 0.376 e. The first-order chi connectivity index (χ1) is 8.01. The average molecular weight is 236 g/mol. The van der Waals surface area contributed by atoms with Gasteiger partial charge in [-0.3, -0.25) is 4.90 Å². The molecule has 2 aliphatic heterocycles. The average Bonchev–Trinajstić information content (AvgIpc) is 2.30. The molecule has 0 radical (unpaired) electrons. The largest absolute Gasteiger partial charge is 0.437 e. The Bertz CT molecular complexity index is 275. The molecule has 2 fully saturated rings. The van der Waals surface area contributed by atoms with E-state index >= 15 is 0 Å². The van der Waals surface area contributed by atoms with Gasteiger partial charge in [0.25, 0.3) is 0 Å². The van der Waals surface area contributed by atoms with Crippen molar-refractivity contribution in [2.75, 3.05) is 26.2 Å². The Balaban J connectivity index is 1.90. The minimum atomic E-state index is -0.291. The highest BCUT2D eigenvalue weighted by atomic mass is 16.2. The van der Waals surface area contributed by atoms with Crippen LogP contribution in [0.4, 0.5) is 0 Å². The van der Waals surface area contributed by atoms with Gasteiger partial charge in [-0.05, 0) is 52.5 Å². The fraction of sp³-hybridized carbons (Fsp3) is 0.846. The molecule has 2 saturated heterocycles. The molecule has 4 heteroatoms. The van der Waals surface area contributed by atoms with Gasteiger partial charge in [-0.1, -0.05) is 12.2 Å². The van der Waals surface area contributed by atoms with Crippen LogP contribution in [-0.4, -0.2) is 53.5 Å². The molecule has 0 amide bonds. The summed E-state index contributed by atoms with van der Waals surface area (Å²) in [4.78, 5) is 4.81. The summed E-state index contributed by atoms with van der Waals surface area (Å²) in [5.74, 6) is 0. The number of nitrogens with zero attached hydrogens (tertiary/aromatic N) is 2. The predicted octanol–water partition coefficient (Wildman–Crippen LogP) is 1.60. The molecular formula is C13H25BN2O. The minimum absolute atomic E-state index is 0.291. The number of rotatable bonds is 2. The van der Waals surface area contributed by atoms with Crippen molar-refractivity contribution in [2.24, 2.45) is 0 Å². The lowest BCUT2D eigenvalue weighted by Gasteiger charge is -2.48. The molecule has 96 valence electrons. The Morgan fingerprint density at radius 2 is 1.71 bits per heavy atom. The number of piperidine rings is 2. The van der Waals surface area contributed by atoms with Gasteiger partial charge in [0.15, 0.2) is 0 Å². The molecular weight excluding hydrogens is 211 g/mol. The monoisotopic (exact) mass is 236 g/mol. The highest BCUT2D eigenvalue weighted by molar-refractivity contribution is 6.45. The predicted molar refractivity (Wildman–Crippen MR) is 73.0 cm³/mol. The third kappa shape index (κ3) is 2.93. The van der Waals surface area contributed by atoms with Crippen molar-refractivity contribution in [3.05, 3.63) is 12.2 Å². The van der Waals surface area contributed by atoms with E-state index in [0.29, 0.717) is 5.54 Å². The molecule has 0 saturated carbocycles. The van der Waals surface area contributed by atoms with Crippen molar-refractivity contribution in [1.82, 2.24) is 9.71 Å². The molecule has 0 aromatic rings. The molecule has 1 N–H and O–H groups in total. The zero-order valence-electron chi connectivity index (χ0n) is 11.3. The Labute approximate surface area is 106 Å². The molecule has 3 nitrogen and oxygen atoms in total. The highest BCUT2D eigenvalue weighted by Crippen LogP contribution is 2.31. The molecule has 0 unspecified atom stereocenters. The van der Waals surface area contributed by atoms with Crippen LogP contribution in [0.5, 0.6) is 0 Å². The first-order valence-electron chi connectivity index (χ1n) is 6.85. The van der Waals surface area contributed by atoms with Gasteiger partial charge in [-0.25, -0.2) is 0 Å². The number of hydrogen-bond acceptors (Lipinski definition) is 3. The summed E-state index contributed by atoms with van der Waals surface area (Å²) in [5, 5.41) is 9.59. The third-order valence-electron chi connectivity index (χ3n) is 4.64. The van der Waals surface area contributed by atoms with Crippen molar-refractivity contribution in [2.45, 2.75) is 45.0 Å². The van der Waals surface area contributed by atoms with Gasteiger partial charge in [-0.15, -0.1) is 0 Å². The van der Waals surface area contributed by atoms with Crippen molar-refractivity contribution in [3.63, 3.8) is 0 Å². The topological polar surface area (TPSA) is 26.7 Å². The summed E-state index contributed by atoms with van der Waals surface area (Å²) in [6, 6.07) is 0. The number of hydrogen-bond donors (Lipinski definition) is 1. The zero-order chi connectivity index (χ0) is 12.5. The highest BCUT2D eigenvalue weighted by Gasteiger charge is 2.37. The lowest BCUT2D eigenvalue weighted by Crippen LogP contribution is -2.57. The standard InChI is InChI=1S/C13H25BN2O/c1-12-4-8-15(9-5-12)13(2)6-10-16(11-7-13)14(3)17/h17H,1,4-11H2,2-3H3. The van der Waals surface area contributed by atoms with Crippen LogP contribution in [0.25, 0.3) is 0 Å². The maximum atomic E-state index is 9.59. The Hall–Kier alpha value is -0.315. The molecule has 2 heterocycles. The van der Waals surface area contributed by atoms with Gasteiger partial charge in [0.05, 0.1) is 0 Å². The van der Waals surface area contributed by atoms with Crippen LogP contribution in [0.15, 0.2) is 12.2 Å². The molecule has 0 aliphatic carbocycles. The SMILES string of the molecule is C=C1CCN(C2(C)CCN(B(C)O)CC2)CC1. The van der Waals surface area contributed by atoms with Gasteiger partial charge in [0, 0.05) is 18.6 Å². The molecule has 2 rings (SSSR count). The first-order valence-corrected chi connectivity index (χ1v) is 6.85. The molecule has 0 bridgehead atoms. The van der Waals surface area contributed by atoms with Crippen LogP contribution in [0.2, 0.25) is 6.82 Å². The van der Waals surface area contributed by atoms with E-state index in [1.165, 1.54) is 31.5 Å². The molecule has 2 aliphatic rings. The quantitative estimate of drug-likeness (QED) is 0.582. The van der Waals surface area contributed by atoms with Crippen LogP contribution in [0.3, 0.4) is 0 Å². The summed E-state index contributed by atoms with van der Waals surface area (Å²) in [6.45, 7) is 12.7. The van der Waals surface area contributed by atoms with E-state index in [1.54, 1.807) is 0 Å². The molecule has 17 heavy (non-hydrogen) atoms. The van der Waals surface area contributed by atoms with Gasteiger partial charge in [-0.2, -0.15) is 0 Å². The molecule has 0 aromatic carbocycles. The van der Waals surface area contributed by atoms with E-state index in [0.717, 1.165) is 25.9 Å². The van der Waals surface area contributed by atoms with Crippen LogP contribution in [0.1, 0.15) is 32.6 Å². The Kier molecular flexibility index (Phi) is 3.96. The van der Waals surface area contributed by atoms with E-state index in [2.05, 4.69) is 23.2 Å². The van der Waals surface area contributed by atoms with E-state index in [-0.39, 0.29) is 7.05 Å². The zero-order valence-corrected chi connectivity index (χ0v) is 11.3. The van der Waals surface area contributed by atoms with Gasteiger partial charge in [0.2, 0.25) is 0 Å². The summed E-state index contributed by atoms with van der Waals surface area (Å²) in [6.07, 6.45) is 4.67. The second kappa shape index (κ2) is 5.13. The van der Waals surface area contributed by atoms with Gasteiger partial charge >= 0.3 is 7.05 Å². The number of likely N-dealkylation sites (tertiary alicyclic amines) is 1. The normalized spacial score (nSPS) is 27.1. The molecule has 0 atom stereocenters. The van der Waals surface area contributed by atoms with Crippen LogP contribution in [0, 0.1) is 0 Å². The van der Waals surface area contributed by atoms with E-state index in [9.17, 15) is 5.02 Å². The summed E-state index contributed by atoms with van der Waals surface area (Å²) >= 11 is 0. The van der Waals surface area contributed by atoms with Crippen molar-refractivity contribution in [3.8, 4) is 0 Å². The fourth-order valence-corrected chi connectivity index (χ4v) is 3.06. The molecule has 0 spiro atoms. The lowest BCUT2D eigenvalue weighted by atomic mass is 9.78. The van der Waals surface area contributed by atoms with E-state index < -0.39 is 0 Å². The summed E-state index contributed by atoms with van der Waals surface area (Å²) < 4.78 is 0. The van der Waals surface area contributed by atoms with Crippen LogP contribution in [-0.2, 0) is 0 Å². The third-order valence-corrected chi connectivity index (χ3v) is 4.64. The minimum Gasteiger partial charge on any atom is -0.437 e. The van der Waals surface area contributed by atoms with E-state index in [1.807, 2.05) is 6.82 Å².